The molecule has 0 saturated carbocycles. The molecule has 0 bridgehead atoms. The third kappa shape index (κ3) is 2.42. The molecular weight excluding hydrogens is 256 g/mol. The van der Waals surface area contributed by atoms with E-state index in [9.17, 15) is 4.79 Å². The van der Waals surface area contributed by atoms with Gasteiger partial charge in [-0.25, -0.2) is 4.98 Å². The van der Waals surface area contributed by atoms with E-state index in [1.165, 1.54) is 17.0 Å². The smallest absolute Gasteiger partial charge is 0.226 e. The van der Waals surface area contributed by atoms with Gasteiger partial charge in [-0.3, -0.25) is 4.79 Å². The molecular formula is C15H22N2OS. The third-order valence-electron chi connectivity index (χ3n) is 4.68. The second-order valence-corrected chi connectivity index (χ2v) is 6.98. The molecule has 3 atom stereocenters. The van der Waals surface area contributed by atoms with E-state index in [0.29, 0.717) is 18.0 Å². The number of hydrogen-bond donors (Lipinski definition) is 0. The Morgan fingerprint density at radius 3 is 2.79 bits per heavy atom. The fraction of sp³-hybridized carbons (Fsp3) is 0.733. The van der Waals surface area contributed by atoms with Crippen molar-refractivity contribution in [1.82, 2.24) is 9.88 Å². The second-order valence-electron chi connectivity index (χ2n) is 6.04. The predicted molar refractivity (Wildman–Crippen MR) is 77.3 cm³/mol. The van der Waals surface area contributed by atoms with E-state index in [0.717, 1.165) is 32.1 Å². The van der Waals surface area contributed by atoms with E-state index in [2.05, 4.69) is 23.7 Å². The van der Waals surface area contributed by atoms with Crippen molar-refractivity contribution >= 4 is 17.2 Å². The van der Waals surface area contributed by atoms with Gasteiger partial charge in [0.15, 0.2) is 0 Å². The van der Waals surface area contributed by atoms with Crippen molar-refractivity contribution < 1.29 is 4.79 Å². The molecule has 3 rings (SSSR count). The van der Waals surface area contributed by atoms with Crippen LogP contribution in [-0.4, -0.2) is 27.9 Å². The van der Waals surface area contributed by atoms with Crippen LogP contribution in [0.2, 0.25) is 0 Å². The maximum atomic E-state index is 12.8. The number of piperidine rings is 1. The minimum absolute atomic E-state index is 0.191. The number of fused-ring (bicyclic) bond motifs is 1. The number of rotatable bonds is 1. The van der Waals surface area contributed by atoms with Gasteiger partial charge >= 0.3 is 0 Å². The monoisotopic (exact) mass is 278 g/mol. The highest BCUT2D eigenvalue weighted by molar-refractivity contribution is 7.09. The Kier molecular flexibility index (Phi) is 3.61. The van der Waals surface area contributed by atoms with E-state index < -0.39 is 0 Å². The molecule has 2 heterocycles. The van der Waals surface area contributed by atoms with Crippen LogP contribution in [0.3, 0.4) is 0 Å². The highest BCUT2D eigenvalue weighted by Crippen LogP contribution is 2.32. The molecule has 1 aromatic heterocycles. The molecule has 1 aromatic rings. The topological polar surface area (TPSA) is 33.2 Å². The Balaban J connectivity index is 1.74. The lowest BCUT2D eigenvalue weighted by Crippen LogP contribution is -2.50. The summed E-state index contributed by atoms with van der Waals surface area (Å²) in [5.41, 5.74) is 3.15. The van der Waals surface area contributed by atoms with Crippen molar-refractivity contribution in [2.24, 2.45) is 5.92 Å². The average molecular weight is 278 g/mol. The van der Waals surface area contributed by atoms with Crippen molar-refractivity contribution in [3.05, 3.63) is 16.1 Å². The summed E-state index contributed by atoms with van der Waals surface area (Å²) in [6.07, 6.45) is 6.45. The van der Waals surface area contributed by atoms with Crippen LogP contribution in [0.5, 0.6) is 0 Å². The number of amides is 1. The lowest BCUT2D eigenvalue weighted by Gasteiger charge is -2.41. The zero-order valence-electron chi connectivity index (χ0n) is 11.8. The lowest BCUT2D eigenvalue weighted by atomic mass is 9.87. The van der Waals surface area contributed by atoms with Crippen molar-refractivity contribution in [3.8, 4) is 0 Å². The summed E-state index contributed by atoms with van der Waals surface area (Å²) in [4.78, 5) is 20.7. The Morgan fingerprint density at radius 1 is 1.32 bits per heavy atom. The van der Waals surface area contributed by atoms with E-state index in [4.69, 9.17) is 0 Å². The van der Waals surface area contributed by atoms with E-state index >= 15 is 0 Å². The highest BCUT2D eigenvalue weighted by Gasteiger charge is 2.35. The first-order chi connectivity index (χ1) is 9.16. The summed E-state index contributed by atoms with van der Waals surface area (Å²) >= 11 is 1.71. The largest absolute Gasteiger partial charge is 0.337 e. The number of carbonyl (C=O) groups excluding carboxylic acids is 1. The van der Waals surface area contributed by atoms with Gasteiger partial charge < -0.3 is 4.90 Å². The molecule has 2 aliphatic rings. The molecule has 19 heavy (non-hydrogen) atoms. The summed E-state index contributed by atoms with van der Waals surface area (Å²) < 4.78 is 0. The standard InChI is InChI=1S/C15H22N2OS/c1-10-4-3-5-11(2)17(10)15(18)12-6-7-13-14(8-12)19-9-16-13/h9-12H,3-8H2,1-2H3. The number of aromatic nitrogens is 1. The highest BCUT2D eigenvalue weighted by atomic mass is 32.1. The van der Waals surface area contributed by atoms with Crippen LogP contribution in [0.4, 0.5) is 0 Å². The molecule has 1 fully saturated rings. The van der Waals surface area contributed by atoms with E-state index in [1.54, 1.807) is 11.3 Å². The van der Waals surface area contributed by atoms with Crippen LogP contribution in [0.1, 0.15) is 50.1 Å². The van der Waals surface area contributed by atoms with E-state index in [-0.39, 0.29) is 5.92 Å². The Labute approximate surface area is 119 Å². The van der Waals surface area contributed by atoms with Gasteiger partial charge in [-0.15, -0.1) is 11.3 Å². The van der Waals surface area contributed by atoms with Crippen molar-refractivity contribution in [2.75, 3.05) is 0 Å². The Hall–Kier alpha value is -0.900. The second kappa shape index (κ2) is 5.23. The van der Waals surface area contributed by atoms with Crippen LogP contribution in [0.25, 0.3) is 0 Å². The number of aryl methyl sites for hydroxylation is 1. The van der Waals surface area contributed by atoms with Crippen LogP contribution < -0.4 is 0 Å². The molecule has 3 unspecified atom stereocenters. The van der Waals surface area contributed by atoms with Crippen LogP contribution >= 0.6 is 11.3 Å². The molecule has 4 heteroatoms. The maximum Gasteiger partial charge on any atom is 0.226 e. The zero-order chi connectivity index (χ0) is 13.4. The Morgan fingerprint density at radius 2 is 2.05 bits per heavy atom. The molecule has 0 aromatic carbocycles. The summed E-state index contributed by atoms with van der Waals surface area (Å²) in [7, 11) is 0. The maximum absolute atomic E-state index is 12.8. The first kappa shape index (κ1) is 13.1. The van der Waals surface area contributed by atoms with Gasteiger partial charge in [0.25, 0.3) is 0 Å². The SMILES string of the molecule is CC1CCCC(C)N1C(=O)C1CCc2ncsc2C1. The van der Waals surface area contributed by atoms with Gasteiger partial charge in [-0.2, -0.15) is 0 Å². The first-order valence-corrected chi connectivity index (χ1v) is 8.28. The summed E-state index contributed by atoms with van der Waals surface area (Å²) in [5.74, 6) is 0.578. The third-order valence-corrected chi connectivity index (χ3v) is 5.58. The van der Waals surface area contributed by atoms with E-state index in [1.807, 2.05) is 5.51 Å². The van der Waals surface area contributed by atoms with Gasteiger partial charge in [0, 0.05) is 22.9 Å². The van der Waals surface area contributed by atoms with Gasteiger partial charge in [-0.1, -0.05) is 0 Å². The normalized spacial score (nSPS) is 31.1. The number of thiazole rings is 1. The molecule has 0 N–H and O–H groups in total. The Bertz CT molecular complexity index is 460. The summed E-state index contributed by atoms with van der Waals surface area (Å²) in [6, 6.07) is 0.832. The summed E-state index contributed by atoms with van der Waals surface area (Å²) in [6.45, 7) is 4.41. The van der Waals surface area contributed by atoms with Crippen molar-refractivity contribution in [3.63, 3.8) is 0 Å². The van der Waals surface area contributed by atoms with Gasteiger partial charge in [-0.05, 0) is 52.4 Å². The van der Waals surface area contributed by atoms with Crippen LogP contribution in [0, 0.1) is 5.92 Å². The van der Waals surface area contributed by atoms with Crippen LogP contribution in [0.15, 0.2) is 5.51 Å². The van der Waals surface area contributed by atoms with Crippen molar-refractivity contribution in [2.45, 2.75) is 64.5 Å². The predicted octanol–water partition coefficient (Wildman–Crippen LogP) is 3.04. The molecule has 1 amide bonds. The van der Waals surface area contributed by atoms with Crippen molar-refractivity contribution in [1.29, 1.82) is 0 Å². The fourth-order valence-electron chi connectivity index (χ4n) is 3.58. The van der Waals surface area contributed by atoms with Gasteiger partial charge in [0.1, 0.15) is 0 Å². The molecule has 1 aliphatic heterocycles. The number of likely N-dealkylation sites (tertiary alicyclic amines) is 1. The molecule has 104 valence electrons. The fourth-order valence-corrected chi connectivity index (χ4v) is 4.47. The number of hydrogen-bond acceptors (Lipinski definition) is 3. The quantitative estimate of drug-likeness (QED) is 0.791. The minimum atomic E-state index is 0.191. The molecule has 1 saturated heterocycles. The number of carbonyl (C=O) groups is 1. The minimum Gasteiger partial charge on any atom is -0.337 e. The molecule has 3 nitrogen and oxygen atoms in total. The zero-order valence-corrected chi connectivity index (χ0v) is 12.6. The van der Waals surface area contributed by atoms with Crippen LogP contribution in [-0.2, 0) is 17.6 Å². The van der Waals surface area contributed by atoms with Gasteiger partial charge in [0.2, 0.25) is 5.91 Å². The molecule has 1 aliphatic carbocycles. The first-order valence-electron chi connectivity index (χ1n) is 7.40. The molecule has 0 spiro atoms. The lowest BCUT2D eigenvalue weighted by molar-refractivity contribution is -0.142. The summed E-state index contributed by atoms with van der Waals surface area (Å²) in [5, 5.41) is 0. The number of nitrogens with zero attached hydrogens (tertiary/aromatic N) is 2. The average Bonchev–Trinajstić information content (AvgIpc) is 2.85. The molecule has 0 radical (unpaired) electrons. The van der Waals surface area contributed by atoms with Gasteiger partial charge in [0.05, 0.1) is 11.2 Å².